The zero-order chi connectivity index (χ0) is 17.3. The minimum absolute atomic E-state index is 0.0275. The fourth-order valence-corrected chi connectivity index (χ4v) is 3.81. The number of carbonyl (C=O) groups excluding carboxylic acids is 3. The van der Waals surface area contributed by atoms with E-state index in [0.29, 0.717) is 32.1 Å². The second-order valence-electron chi connectivity index (χ2n) is 6.55. The fraction of sp³-hybridized carbons (Fsp3) is 0.562. The minimum Gasteiger partial charge on any atom is -0.351 e. The summed E-state index contributed by atoms with van der Waals surface area (Å²) in [5.74, 6) is 0.0798. The van der Waals surface area contributed by atoms with Crippen molar-refractivity contribution in [1.82, 2.24) is 15.1 Å². The van der Waals surface area contributed by atoms with E-state index in [-0.39, 0.29) is 23.8 Å². The number of thiophene rings is 1. The summed E-state index contributed by atoms with van der Waals surface area (Å²) in [5.41, 5.74) is 5.18. The summed E-state index contributed by atoms with van der Waals surface area (Å²) in [7, 11) is 0. The molecule has 4 amide bonds. The zero-order valence-electron chi connectivity index (χ0n) is 13.6. The highest BCUT2D eigenvalue weighted by atomic mass is 32.1. The Morgan fingerprint density at radius 3 is 2.62 bits per heavy atom. The number of nitrogens with zero attached hydrogens (tertiary/aromatic N) is 2. The molecule has 3 rings (SSSR count). The standard InChI is InChI=1S/C16H22N4O3S/c1-10-4-5-19(15(22)13-3-2-6-24-13)9-12(10)18-14(21)11-7-20(8-11)16(17)23/h2-3,6,10-12H,4-5,7-9H2,1H3,(H2,17,23)(H,18,21). The molecule has 1 aromatic rings. The molecule has 0 bridgehead atoms. The fourth-order valence-electron chi connectivity index (χ4n) is 3.12. The molecule has 0 aromatic carbocycles. The predicted molar refractivity (Wildman–Crippen MR) is 90.6 cm³/mol. The number of primary amides is 1. The lowest BCUT2D eigenvalue weighted by molar-refractivity contribution is -0.130. The molecule has 0 aliphatic carbocycles. The second-order valence-corrected chi connectivity index (χ2v) is 7.50. The van der Waals surface area contributed by atoms with Gasteiger partial charge in [-0.1, -0.05) is 13.0 Å². The zero-order valence-corrected chi connectivity index (χ0v) is 14.4. The van der Waals surface area contributed by atoms with Crippen molar-refractivity contribution in [2.45, 2.75) is 19.4 Å². The van der Waals surface area contributed by atoms with Gasteiger partial charge in [0.15, 0.2) is 0 Å². The van der Waals surface area contributed by atoms with Gasteiger partial charge < -0.3 is 20.9 Å². The Bertz CT molecular complexity index is 627. The topological polar surface area (TPSA) is 95.7 Å². The van der Waals surface area contributed by atoms with Crippen LogP contribution in [0.3, 0.4) is 0 Å². The molecule has 2 unspecified atom stereocenters. The van der Waals surface area contributed by atoms with E-state index in [0.717, 1.165) is 11.3 Å². The number of likely N-dealkylation sites (tertiary alicyclic amines) is 2. The van der Waals surface area contributed by atoms with Crippen molar-refractivity contribution in [3.8, 4) is 0 Å². The van der Waals surface area contributed by atoms with Crippen LogP contribution in [0.25, 0.3) is 0 Å². The van der Waals surface area contributed by atoms with E-state index in [2.05, 4.69) is 12.2 Å². The first-order valence-electron chi connectivity index (χ1n) is 8.13. The van der Waals surface area contributed by atoms with E-state index in [9.17, 15) is 14.4 Å². The van der Waals surface area contributed by atoms with Gasteiger partial charge in [0.1, 0.15) is 0 Å². The maximum atomic E-state index is 12.5. The summed E-state index contributed by atoms with van der Waals surface area (Å²) < 4.78 is 0. The summed E-state index contributed by atoms with van der Waals surface area (Å²) in [6.45, 7) is 4.08. The van der Waals surface area contributed by atoms with Crippen LogP contribution in [-0.2, 0) is 4.79 Å². The summed E-state index contributed by atoms with van der Waals surface area (Å²) in [5, 5.41) is 4.94. The number of piperidine rings is 1. The molecule has 0 radical (unpaired) electrons. The molecule has 24 heavy (non-hydrogen) atoms. The smallest absolute Gasteiger partial charge is 0.314 e. The first-order chi connectivity index (χ1) is 11.5. The van der Waals surface area contributed by atoms with E-state index in [1.54, 1.807) is 0 Å². The van der Waals surface area contributed by atoms with Crippen LogP contribution in [0.1, 0.15) is 23.0 Å². The number of hydrogen-bond acceptors (Lipinski definition) is 4. The SMILES string of the molecule is CC1CCN(C(=O)c2cccs2)CC1NC(=O)C1CN(C(N)=O)C1. The maximum absolute atomic E-state index is 12.5. The van der Waals surface area contributed by atoms with Gasteiger partial charge in [0.25, 0.3) is 5.91 Å². The molecule has 0 saturated carbocycles. The van der Waals surface area contributed by atoms with Crippen LogP contribution in [0.2, 0.25) is 0 Å². The Labute approximate surface area is 144 Å². The maximum Gasteiger partial charge on any atom is 0.314 e. The molecule has 2 aliphatic rings. The third kappa shape index (κ3) is 3.38. The monoisotopic (exact) mass is 350 g/mol. The number of amides is 4. The average molecular weight is 350 g/mol. The van der Waals surface area contributed by atoms with Crippen LogP contribution in [0.15, 0.2) is 17.5 Å². The number of nitrogens with two attached hydrogens (primary N) is 1. The first-order valence-corrected chi connectivity index (χ1v) is 9.01. The van der Waals surface area contributed by atoms with Gasteiger partial charge in [-0.15, -0.1) is 11.3 Å². The van der Waals surface area contributed by atoms with Gasteiger partial charge in [-0.3, -0.25) is 9.59 Å². The Morgan fingerprint density at radius 1 is 1.25 bits per heavy atom. The van der Waals surface area contributed by atoms with E-state index >= 15 is 0 Å². The molecule has 2 atom stereocenters. The van der Waals surface area contributed by atoms with Crippen LogP contribution >= 0.6 is 11.3 Å². The summed E-state index contributed by atoms with van der Waals surface area (Å²) in [6, 6.07) is 3.14. The lowest BCUT2D eigenvalue weighted by atomic mass is 9.91. The normalized spacial score (nSPS) is 24.4. The molecule has 3 heterocycles. The third-order valence-corrected chi connectivity index (χ3v) is 5.73. The van der Waals surface area contributed by atoms with Crippen molar-refractivity contribution in [3.63, 3.8) is 0 Å². The van der Waals surface area contributed by atoms with Crippen LogP contribution in [0, 0.1) is 11.8 Å². The van der Waals surface area contributed by atoms with Crippen molar-refractivity contribution in [2.24, 2.45) is 17.6 Å². The van der Waals surface area contributed by atoms with Crippen molar-refractivity contribution in [1.29, 1.82) is 0 Å². The lowest BCUT2D eigenvalue weighted by Gasteiger charge is -2.41. The van der Waals surface area contributed by atoms with E-state index in [1.165, 1.54) is 16.2 Å². The molecule has 7 nitrogen and oxygen atoms in total. The molecule has 2 saturated heterocycles. The highest BCUT2D eigenvalue weighted by Gasteiger charge is 2.37. The number of rotatable bonds is 3. The van der Waals surface area contributed by atoms with Gasteiger partial charge in [-0.25, -0.2) is 4.79 Å². The Kier molecular flexibility index (Phi) is 4.75. The molecule has 2 fully saturated rings. The average Bonchev–Trinajstić information content (AvgIpc) is 3.01. The highest BCUT2D eigenvalue weighted by molar-refractivity contribution is 7.12. The lowest BCUT2D eigenvalue weighted by Crippen LogP contribution is -2.60. The third-order valence-electron chi connectivity index (χ3n) is 4.87. The molecule has 1 aromatic heterocycles. The Hall–Kier alpha value is -2.09. The number of hydrogen-bond donors (Lipinski definition) is 2. The number of urea groups is 1. The highest BCUT2D eigenvalue weighted by Crippen LogP contribution is 2.22. The van der Waals surface area contributed by atoms with Gasteiger partial charge in [0, 0.05) is 32.2 Å². The van der Waals surface area contributed by atoms with Crippen molar-refractivity contribution in [2.75, 3.05) is 26.2 Å². The van der Waals surface area contributed by atoms with Crippen molar-refractivity contribution >= 4 is 29.2 Å². The summed E-state index contributed by atoms with van der Waals surface area (Å²) in [4.78, 5) is 39.8. The van der Waals surface area contributed by atoms with Crippen LogP contribution < -0.4 is 11.1 Å². The van der Waals surface area contributed by atoms with Crippen LogP contribution in [0.4, 0.5) is 4.79 Å². The molecule has 130 valence electrons. The van der Waals surface area contributed by atoms with Crippen LogP contribution in [-0.4, -0.2) is 59.9 Å². The number of carbonyl (C=O) groups is 3. The molecular weight excluding hydrogens is 328 g/mol. The van der Waals surface area contributed by atoms with Gasteiger partial charge in [-0.2, -0.15) is 0 Å². The van der Waals surface area contributed by atoms with Gasteiger partial charge in [-0.05, 0) is 23.8 Å². The molecule has 2 aliphatic heterocycles. The molecule has 3 N–H and O–H groups in total. The molecule has 8 heteroatoms. The van der Waals surface area contributed by atoms with E-state index < -0.39 is 6.03 Å². The Balaban J connectivity index is 1.55. The summed E-state index contributed by atoms with van der Waals surface area (Å²) in [6.07, 6.45) is 0.861. The second kappa shape index (κ2) is 6.80. The van der Waals surface area contributed by atoms with Gasteiger partial charge in [0.05, 0.1) is 10.8 Å². The molecular formula is C16H22N4O3S. The van der Waals surface area contributed by atoms with Gasteiger partial charge in [0.2, 0.25) is 5.91 Å². The Morgan fingerprint density at radius 2 is 2.00 bits per heavy atom. The summed E-state index contributed by atoms with van der Waals surface area (Å²) >= 11 is 1.43. The minimum atomic E-state index is -0.488. The van der Waals surface area contributed by atoms with Crippen LogP contribution in [0.5, 0.6) is 0 Å². The van der Waals surface area contributed by atoms with E-state index in [1.807, 2.05) is 22.4 Å². The van der Waals surface area contributed by atoms with Crippen molar-refractivity contribution in [3.05, 3.63) is 22.4 Å². The van der Waals surface area contributed by atoms with Gasteiger partial charge >= 0.3 is 6.03 Å². The molecule has 0 spiro atoms. The quantitative estimate of drug-likeness (QED) is 0.841. The predicted octanol–water partition coefficient (Wildman–Crippen LogP) is 0.725. The van der Waals surface area contributed by atoms with E-state index in [4.69, 9.17) is 5.73 Å². The number of nitrogens with one attached hydrogen (secondary N) is 1. The first kappa shape index (κ1) is 16.8. The largest absolute Gasteiger partial charge is 0.351 e. The van der Waals surface area contributed by atoms with Crippen molar-refractivity contribution < 1.29 is 14.4 Å².